The molecule has 1 saturated heterocycles. The minimum absolute atomic E-state index is 0.145. The highest BCUT2D eigenvalue weighted by Gasteiger charge is 2.16. The lowest BCUT2D eigenvalue weighted by Crippen LogP contribution is -2.32. The second-order valence-electron chi connectivity index (χ2n) is 5.45. The van der Waals surface area contributed by atoms with E-state index in [0.29, 0.717) is 31.4 Å². The summed E-state index contributed by atoms with van der Waals surface area (Å²) in [6.45, 7) is 2.02. The van der Waals surface area contributed by atoms with Crippen LogP contribution < -0.4 is 10.1 Å². The molecule has 1 amide bonds. The molecule has 1 aliphatic rings. The molecule has 0 bridgehead atoms. The fourth-order valence-electron chi connectivity index (χ4n) is 2.45. The molecular formula is C16H23FN2O2. The van der Waals surface area contributed by atoms with Gasteiger partial charge in [-0.15, -0.1) is 0 Å². The number of nitrogens with one attached hydrogen (secondary N) is 1. The van der Waals surface area contributed by atoms with Gasteiger partial charge in [0.2, 0.25) is 5.91 Å². The zero-order valence-corrected chi connectivity index (χ0v) is 12.5. The maximum Gasteiger partial charge on any atom is 0.222 e. The topological polar surface area (TPSA) is 41.6 Å². The number of hydrogen-bond donors (Lipinski definition) is 1. The number of rotatable bonds is 7. The van der Waals surface area contributed by atoms with Crippen LogP contribution in [0.4, 0.5) is 4.39 Å². The predicted octanol–water partition coefficient (Wildman–Crippen LogP) is 2.20. The molecule has 1 aromatic carbocycles. The first-order valence-corrected chi connectivity index (χ1v) is 7.51. The Balaban J connectivity index is 1.62. The van der Waals surface area contributed by atoms with Crippen molar-refractivity contribution in [3.8, 4) is 5.75 Å². The van der Waals surface area contributed by atoms with Gasteiger partial charge in [0.25, 0.3) is 0 Å². The normalized spacial score (nSPS) is 17.7. The predicted molar refractivity (Wildman–Crippen MR) is 79.8 cm³/mol. The average molecular weight is 294 g/mol. The summed E-state index contributed by atoms with van der Waals surface area (Å²) < 4.78 is 18.2. The summed E-state index contributed by atoms with van der Waals surface area (Å²) in [5, 5.41) is 3.39. The van der Waals surface area contributed by atoms with Gasteiger partial charge in [-0.25, -0.2) is 4.39 Å². The summed E-state index contributed by atoms with van der Waals surface area (Å²) in [4.78, 5) is 13.7. The molecule has 1 N–H and O–H groups in total. The fourth-order valence-corrected chi connectivity index (χ4v) is 2.45. The van der Waals surface area contributed by atoms with E-state index in [0.717, 1.165) is 13.0 Å². The summed E-state index contributed by atoms with van der Waals surface area (Å²) in [6, 6.07) is 6.39. The molecule has 0 aromatic heterocycles. The number of amides is 1. The summed E-state index contributed by atoms with van der Waals surface area (Å²) >= 11 is 0. The Kier molecular flexibility index (Phi) is 5.99. The van der Waals surface area contributed by atoms with E-state index >= 15 is 0 Å². The minimum Gasteiger partial charge on any atom is -0.492 e. The standard InChI is InChI=1S/C16H23FN2O2/c1-19(16(20)9-6-14-3-2-10-18-14)11-12-21-15-7-4-13(17)5-8-15/h4-5,7-8,14,18H,2-3,6,9-12H2,1H3. The third-order valence-electron chi connectivity index (χ3n) is 3.80. The number of likely N-dealkylation sites (N-methyl/N-ethyl adjacent to an activating group) is 1. The monoisotopic (exact) mass is 294 g/mol. The van der Waals surface area contributed by atoms with Gasteiger partial charge in [0, 0.05) is 19.5 Å². The number of ether oxygens (including phenoxy) is 1. The number of carbonyl (C=O) groups is 1. The Labute approximate surface area is 125 Å². The number of halogens is 1. The molecule has 1 aliphatic heterocycles. The number of nitrogens with zero attached hydrogens (tertiary/aromatic N) is 1. The molecule has 1 aromatic rings. The molecule has 4 nitrogen and oxygen atoms in total. The highest BCUT2D eigenvalue weighted by Crippen LogP contribution is 2.12. The van der Waals surface area contributed by atoms with Gasteiger partial charge >= 0.3 is 0 Å². The fraction of sp³-hybridized carbons (Fsp3) is 0.562. The molecule has 5 heteroatoms. The first-order chi connectivity index (χ1) is 10.1. The molecule has 1 unspecified atom stereocenters. The second-order valence-corrected chi connectivity index (χ2v) is 5.45. The van der Waals surface area contributed by atoms with Crippen molar-refractivity contribution in [3.05, 3.63) is 30.1 Å². The van der Waals surface area contributed by atoms with Crippen LogP contribution in [-0.4, -0.2) is 43.6 Å². The van der Waals surface area contributed by atoms with Crippen LogP contribution in [0.5, 0.6) is 5.75 Å². The summed E-state index contributed by atoms with van der Waals surface area (Å²) in [5.74, 6) is 0.481. The largest absolute Gasteiger partial charge is 0.492 e. The Bertz CT molecular complexity index is 444. The van der Waals surface area contributed by atoms with Gasteiger partial charge in [-0.05, 0) is 50.1 Å². The molecule has 2 rings (SSSR count). The zero-order valence-electron chi connectivity index (χ0n) is 12.5. The van der Waals surface area contributed by atoms with Gasteiger partial charge < -0.3 is 15.0 Å². The van der Waals surface area contributed by atoms with E-state index < -0.39 is 0 Å². The number of carbonyl (C=O) groups excluding carboxylic acids is 1. The third-order valence-corrected chi connectivity index (χ3v) is 3.80. The van der Waals surface area contributed by atoms with E-state index in [1.54, 1.807) is 24.1 Å². The van der Waals surface area contributed by atoms with Crippen molar-refractivity contribution in [1.29, 1.82) is 0 Å². The Hall–Kier alpha value is -1.62. The van der Waals surface area contributed by atoms with Gasteiger partial charge in [-0.2, -0.15) is 0 Å². The van der Waals surface area contributed by atoms with E-state index in [-0.39, 0.29) is 11.7 Å². The molecular weight excluding hydrogens is 271 g/mol. The third kappa shape index (κ3) is 5.34. The summed E-state index contributed by atoms with van der Waals surface area (Å²) in [7, 11) is 1.79. The lowest BCUT2D eigenvalue weighted by Gasteiger charge is -2.18. The summed E-state index contributed by atoms with van der Waals surface area (Å²) in [5.41, 5.74) is 0. The minimum atomic E-state index is -0.282. The highest BCUT2D eigenvalue weighted by atomic mass is 19.1. The molecule has 0 spiro atoms. The molecule has 1 fully saturated rings. The smallest absolute Gasteiger partial charge is 0.222 e. The Morgan fingerprint density at radius 2 is 2.19 bits per heavy atom. The van der Waals surface area contributed by atoms with Crippen molar-refractivity contribution < 1.29 is 13.9 Å². The van der Waals surface area contributed by atoms with Gasteiger partial charge in [0.15, 0.2) is 0 Å². The lowest BCUT2D eigenvalue weighted by atomic mass is 10.1. The van der Waals surface area contributed by atoms with Crippen LogP contribution in [-0.2, 0) is 4.79 Å². The van der Waals surface area contributed by atoms with Crippen LogP contribution in [0.2, 0.25) is 0 Å². The second kappa shape index (κ2) is 7.98. The lowest BCUT2D eigenvalue weighted by molar-refractivity contribution is -0.130. The van der Waals surface area contributed by atoms with Crippen molar-refractivity contribution in [2.24, 2.45) is 0 Å². The van der Waals surface area contributed by atoms with Gasteiger partial charge in [0.1, 0.15) is 18.2 Å². The van der Waals surface area contributed by atoms with E-state index in [1.807, 2.05) is 0 Å². The molecule has 0 saturated carbocycles. The highest BCUT2D eigenvalue weighted by molar-refractivity contribution is 5.75. The molecule has 1 atom stereocenters. The van der Waals surface area contributed by atoms with Gasteiger partial charge in [-0.3, -0.25) is 4.79 Å². The quantitative estimate of drug-likeness (QED) is 0.838. The Morgan fingerprint density at radius 1 is 1.43 bits per heavy atom. The van der Waals surface area contributed by atoms with Crippen molar-refractivity contribution >= 4 is 5.91 Å². The van der Waals surface area contributed by atoms with Crippen molar-refractivity contribution in [3.63, 3.8) is 0 Å². The van der Waals surface area contributed by atoms with Crippen LogP contribution >= 0.6 is 0 Å². The Morgan fingerprint density at radius 3 is 2.86 bits per heavy atom. The van der Waals surface area contributed by atoms with Gasteiger partial charge in [0.05, 0.1) is 6.54 Å². The van der Waals surface area contributed by atoms with Crippen LogP contribution in [0.15, 0.2) is 24.3 Å². The van der Waals surface area contributed by atoms with Crippen LogP contribution in [0.1, 0.15) is 25.7 Å². The van der Waals surface area contributed by atoms with E-state index in [1.165, 1.54) is 25.0 Å². The van der Waals surface area contributed by atoms with Crippen molar-refractivity contribution in [2.75, 3.05) is 26.7 Å². The first kappa shape index (κ1) is 15.8. The van der Waals surface area contributed by atoms with Crippen LogP contribution in [0.25, 0.3) is 0 Å². The number of hydrogen-bond acceptors (Lipinski definition) is 3. The molecule has 1 heterocycles. The molecule has 21 heavy (non-hydrogen) atoms. The van der Waals surface area contributed by atoms with E-state index in [4.69, 9.17) is 4.74 Å². The van der Waals surface area contributed by atoms with Gasteiger partial charge in [-0.1, -0.05) is 0 Å². The SMILES string of the molecule is CN(CCOc1ccc(F)cc1)C(=O)CCC1CCCN1. The van der Waals surface area contributed by atoms with E-state index in [2.05, 4.69) is 5.32 Å². The molecule has 0 aliphatic carbocycles. The van der Waals surface area contributed by atoms with Crippen molar-refractivity contribution in [1.82, 2.24) is 10.2 Å². The van der Waals surface area contributed by atoms with Crippen LogP contribution in [0, 0.1) is 5.82 Å². The molecule has 116 valence electrons. The zero-order chi connectivity index (χ0) is 15.1. The van der Waals surface area contributed by atoms with Crippen molar-refractivity contribution in [2.45, 2.75) is 31.7 Å². The number of benzene rings is 1. The first-order valence-electron chi connectivity index (χ1n) is 7.51. The average Bonchev–Trinajstić information content (AvgIpc) is 3.00. The van der Waals surface area contributed by atoms with Crippen LogP contribution in [0.3, 0.4) is 0 Å². The van der Waals surface area contributed by atoms with E-state index in [9.17, 15) is 9.18 Å². The summed E-state index contributed by atoms with van der Waals surface area (Å²) in [6.07, 6.45) is 3.86. The molecule has 0 radical (unpaired) electrons. The maximum atomic E-state index is 12.7. The maximum absolute atomic E-state index is 12.7.